The zero-order valence-corrected chi connectivity index (χ0v) is 19.3. The number of alkyl carbamates (subject to hydrolysis) is 1. The van der Waals surface area contributed by atoms with Crippen LogP contribution < -0.4 is 14.8 Å². The smallest absolute Gasteiger partial charge is 0.414 e. The van der Waals surface area contributed by atoms with E-state index in [1.807, 2.05) is 0 Å². The molecule has 1 saturated heterocycles. The Kier molecular flexibility index (Phi) is 10.6. The van der Waals surface area contributed by atoms with Gasteiger partial charge in [0, 0.05) is 14.0 Å². The van der Waals surface area contributed by atoms with E-state index in [1.165, 1.54) is 25.6 Å². The van der Waals surface area contributed by atoms with Crippen molar-refractivity contribution in [1.29, 1.82) is 0 Å². The van der Waals surface area contributed by atoms with E-state index >= 15 is 0 Å². The molecule has 1 aromatic carbocycles. The Labute approximate surface area is 191 Å². The lowest BCUT2D eigenvalue weighted by atomic mass is 10.0. The van der Waals surface area contributed by atoms with Crippen LogP contribution >= 0.6 is 15.9 Å². The Morgan fingerprint density at radius 1 is 1.19 bits per heavy atom. The predicted molar refractivity (Wildman–Crippen MR) is 108 cm³/mol. The van der Waals surface area contributed by atoms with Crippen molar-refractivity contribution >= 4 is 28.5 Å². The zero-order chi connectivity index (χ0) is 24.5. The molecule has 14 heteroatoms. The van der Waals surface area contributed by atoms with Crippen molar-refractivity contribution in [2.75, 3.05) is 34.5 Å². The van der Waals surface area contributed by atoms with Crippen LogP contribution in [-0.2, 0) is 29.5 Å². The number of carbonyl (C=O) groups is 2. The molecular weight excluding hydrogens is 502 g/mol. The molecule has 1 aromatic rings. The van der Waals surface area contributed by atoms with Gasteiger partial charge >= 0.3 is 12.0 Å². The van der Waals surface area contributed by atoms with Crippen LogP contribution in [0.25, 0.3) is 0 Å². The first-order valence-corrected chi connectivity index (χ1v) is 9.72. The molecule has 0 radical (unpaired) electrons. The number of aliphatic hydroxyl groups is 4. The van der Waals surface area contributed by atoms with E-state index < -0.39 is 29.6 Å². The number of carbonyl (C=O) groups excluding carboxylic acids is 2. The molecule has 1 aliphatic rings. The molecule has 1 atom stereocenters. The first-order chi connectivity index (χ1) is 14.9. The summed E-state index contributed by atoms with van der Waals surface area (Å²) in [5.41, 5.74) is -0.539. The van der Waals surface area contributed by atoms with Gasteiger partial charge in [-0.05, 0) is 28.1 Å². The van der Waals surface area contributed by atoms with Gasteiger partial charge in [-0.2, -0.15) is 0 Å². The van der Waals surface area contributed by atoms with Crippen LogP contribution in [0.4, 0.5) is 4.79 Å². The minimum absolute atomic E-state index is 0.00441. The minimum Gasteiger partial charge on any atom is -0.496 e. The summed E-state index contributed by atoms with van der Waals surface area (Å²) in [6.07, 6.45) is -2.48. The van der Waals surface area contributed by atoms with Gasteiger partial charge in [0.05, 0.1) is 37.5 Å². The molecule has 1 fully saturated rings. The number of hydrogen-bond acceptors (Lipinski definition) is 12. The van der Waals surface area contributed by atoms with Crippen LogP contribution in [0.2, 0.25) is 0 Å². The maximum atomic E-state index is 11.6. The molecule has 1 unspecified atom stereocenters. The third kappa shape index (κ3) is 7.16. The van der Waals surface area contributed by atoms with Gasteiger partial charge in [0.1, 0.15) is 17.6 Å². The molecule has 1 heterocycles. The van der Waals surface area contributed by atoms with Gasteiger partial charge in [0.15, 0.2) is 0 Å². The average Bonchev–Trinajstić information content (AvgIpc) is 2.66. The minimum atomic E-state index is -3.63. The largest absolute Gasteiger partial charge is 0.496 e. The summed E-state index contributed by atoms with van der Waals surface area (Å²) in [6.45, 7) is 2.75. The molecule has 182 valence electrons. The molecule has 5 N–H and O–H groups in total. The second-order valence-corrected chi connectivity index (χ2v) is 7.11. The first-order valence-electron chi connectivity index (χ1n) is 8.93. The molecule has 0 aliphatic carbocycles. The van der Waals surface area contributed by atoms with E-state index in [0.717, 1.165) is 26.2 Å². The highest BCUT2D eigenvalue weighted by atomic mass is 79.9. The Morgan fingerprint density at radius 3 is 2.19 bits per heavy atom. The van der Waals surface area contributed by atoms with Gasteiger partial charge in [-0.25, -0.2) is 4.79 Å². The molecule has 1 amide bonds. The number of benzene rings is 1. The zero-order valence-electron chi connectivity index (χ0n) is 17.7. The Hall–Kier alpha value is -2.20. The van der Waals surface area contributed by atoms with Crippen molar-refractivity contribution in [2.24, 2.45) is 0 Å². The number of hydrogen-bond donors (Lipinski definition) is 5. The fourth-order valence-electron chi connectivity index (χ4n) is 2.19. The number of ether oxygens (including phenoxy) is 6. The normalized spacial score (nSPS) is 14.8. The number of amides is 1. The Balaban J connectivity index is 0.000000730. The fourth-order valence-corrected chi connectivity index (χ4v) is 2.67. The van der Waals surface area contributed by atoms with Crippen molar-refractivity contribution in [2.45, 2.75) is 31.0 Å². The molecule has 0 spiro atoms. The Morgan fingerprint density at radius 2 is 1.78 bits per heavy atom. The SMILES string of the molecule is COC1COC1.COc1cc(C(O)(O)C(O)(O)NC(=O)OC(C)OC=O)c(OC)cc1Br. The molecule has 0 saturated carbocycles. The van der Waals surface area contributed by atoms with Crippen molar-refractivity contribution in [3.63, 3.8) is 0 Å². The molecule has 32 heavy (non-hydrogen) atoms. The van der Waals surface area contributed by atoms with Crippen molar-refractivity contribution in [3.8, 4) is 11.5 Å². The monoisotopic (exact) mass is 527 g/mol. The quantitative estimate of drug-likeness (QED) is 0.205. The van der Waals surface area contributed by atoms with E-state index in [4.69, 9.17) is 18.9 Å². The fraction of sp³-hybridized carbons (Fsp3) is 0.556. The number of halogens is 1. The molecule has 1 aliphatic heterocycles. The molecule has 0 aromatic heterocycles. The highest BCUT2D eigenvalue weighted by Crippen LogP contribution is 2.40. The highest BCUT2D eigenvalue weighted by Gasteiger charge is 2.53. The van der Waals surface area contributed by atoms with Gasteiger partial charge in [-0.3, -0.25) is 10.1 Å². The number of methoxy groups -OCH3 is 3. The van der Waals surface area contributed by atoms with Gasteiger partial charge in [-0.15, -0.1) is 0 Å². The molecule has 2 rings (SSSR count). The van der Waals surface area contributed by atoms with Crippen LogP contribution in [0, 0.1) is 0 Å². The summed E-state index contributed by atoms with van der Waals surface area (Å²) >= 11 is 3.16. The van der Waals surface area contributed by atoms with E-state index in [9.17, 15) is 30.0 Å². The van der Waals surface area contributed by atoms with Gasteiger partial charge < -0.3 is 48.8 Å². The van der Waals surface area contributed by atoms with Crippen molar-refractivity contribution < 1.29 is 58.4 Å². The van der Waals surface area contributed by atoms with Crippen LogP contribution in [-0.4, -0.2) is 85.8 Å². The van der Waals surface area contributed by atoms with E-state index in [0.29, 0.717) is 10.6 Å². The summed E-state index contributed by atoms with van der Waals surface area (Å²) < 4.78 is 28.8. The summed E-state index contributed by atoms with van der Waals surface area (Å²) in [5.74, 6) is -7.14. The molecule has 0 bridgehead atoms. The molecular formula is C18H26BrNO12. The first kappa shape index (κ1) is 27.8. The van der Waals surface area contributed by atoms with Gasteiger partial charge in [0.25, 0.3) is 12.3 Å². The number of rotatable bonds is 9. The van der Waals surface area contributed by atoms with Crippen molar-refractivity contribution in [1.82, 2.24) is 5.32 Å². The highest BCUT2D eigenvalue weighted by molar-refractivity contribution is 9.10. The van der Waals surface area contributed by atoms with Crippen LogP contribution in [0.5, 0.6) is 11.5 Å². The second-order valence-electron chi connectivity index (χ2n) is 6.26. The third-order valence-corrected chi connectivity index (χ3v) is 4.69. The third-order valence-electron chi connectivity index (χ3n) is 4.07. The summed E-state index contributed by atoms with van der Waals surface area (Å²) in [7, 11) is 4.19. The van der Waals surface area contributed by atoms with Crippen LogP contribution in [0.3, 0.4) is 0 Å². The Bertz CT molecular complexity index is 766. The van der Waals surface area contributed by atoms with E-state index in [1.54, 1.807) is 7.11 Å². The predicted octanol–water partition coefficient (Wildman–Crippen LogP) is -0.481. The topological polar surface area (TPSA) is 182 Å². The summed E-state index contributed by atoms with van der Waals surface area (Å²) in [5, 5.41) is 41.9. The number of nitrogens with one attached hydrogen (secondary N) is 1. The second kappa shape index (κ2) is 12.2. The standard InChI is InChI=1S/C14H18BrNO10.C4H8O2/c1-7(25-6-17)26-12(18)16-14(21,22)13(19,20)8-4-11(24-3)9(15)5-10(8)23-2;1-5-4-2-6-3-4/h4-7,19-22H,1-3H3,(H,16,18);4H,2-3H2,1H3. The maximum absolute atomic E-state index is 11.6. The average molecular weight is 528 g/mol. The summed E-state index contributed by atoms with van der Waals surface area (Å²) in [6, 6.07) is 2.33. The van der Waals surface area contributed by atoms with Gasteiger partial charge in [-0.1, -0.05) is 0 Å². The molecule has 13 nitrogen and oxygen atoms in total. The lowest BCUT2D eigenvalue weighted by Crippen LogP contribution is -2.63. The van der Waals surface area contributed by atoms with E-state index in [2.05, 4.69) is 25.4 Å². The van der Waals surface area contributed by atoms with Gasteiger partial charge in [0.2, 0.25) is 6.29 Å². The van der Waals surface area contributed by atoms with Crippen LogP contribution in [0.15, 0.2) is 16.6 Å². The van der Waals surface area contributed by atoms with E-state index in [-0.39, 0.29) is 18.0 Å². The van der Waals surface area contributed by atoms with Crippen LogP contribution in [0.1, 0.15) is 12.5 Å². The lowest BCUT2D eigenvalue weighted by molar-refractivity contribution is -0.375. The lowest BCUT2D eigenvalue weighted by Gasteiger charge is -2.35. The maximum Gasteiger partial charge on any atom is 0.414 e. The summed E-state index contributed by atoms with van der Waals surface area (Å²) in [4.78, 5) is 21.8. The van der Waals surface area contributed by atoms with Crippen molar-refractivity contribution in [3.05, 3.63) is 22.2 Å².